The van der Waals surface area contributed by atoms with E-state index in [0.717, 1.165) is 5.56 Å². The molecule has 0 atom stereocenters. The molecule has 1 saturated heterocycles. The molecule has 2 aromatic carbocycles. The maximum Gasteiger partial charge on any atom is 0.229 e. The van der Waals surface area contributed by atoms with Gasteiger partial charge >= 0.3 is 0 Å². The van der Waals surface area contributed by atoms with E-state index >= 15 is 0 Å². The van der Waals surface area contributed by atoms with Crippen LogP contribution in [0.1, 0.15) is 16.7 Å². The van der Waals surface area contributed by atoms with Gasteiger partial charge in [-0.3, -0.25) is 4.90 Å². The van der Waals surface area contributed by atoms with E-state index < -0.39 is 21.5 Å². The summed E-state index contributed by atoms with van der Waals surface area (Å²) < 4.78 is 66.8. The molecule has 0 radical (unpaired) electrons. The summed E-state index contributed by atoms with van der Waals surface area (Å²) in [5.74, 6) is -0.853. The fourth-order valence-corrected chi connectivity index (χ4v) is 5.61. The Kier molecular flexibility index (Phi) is 6.14. The molecule has 1 fully saturated rings. The van der Waals surface area contributed by atoms with E-state index in [0.29, 0.717) is 41.7 Å². The van der Waals surface area contributed by atoms with Crippen molar-refractivity contribution in [2.24, 2.45) is 0 Å². The Balaban J connectivity index is 1.37. The number of aryl methyl sites for hydroxylation is 1. The summed E-state index contributed by atoms with van der Waals surface area (Å²) >= 11 is 0. The van der Waals surface area contributed by atoms with Gasteiger partial charge < -0.3 is 10.2 Å². The highest BCUT2D eigenvalue weighted by Gasteiger charge is 2.27. The minimum absolute atomic E-state index is 0.00749. The van der Waals surface area contributed by atoms with Crippen LogP contribution in [0.4, 0.5) is 36.3 Å². The number of nitrogens with zero attached hydrogens (tertiary/aromatic N) is 4. The van der Waals surface area contributed by atoms with Crippen molar-refractivity contribution in [1.82, 2.24) is 14.9 Å². The molecule has 0 bridgehead atoms. The van der Waals surface area contributed by atoms with Gasteiger partial charge in [-0.25, -0.2) is 26.6 Å². The van der Waals surface area contributed by atoms with Gasteiger partial charge in [0.25, 0.3) is 0 Å². The highest BCUT2D eigenvalue weighted by Crippen LogP contribution is 2.35. The van der Waals surface area contributed by atoms with Gasteiger partial charge in [0, 0.05) is 54.9 Å². The summed E-state index contributed by atoms with van der Waals surface area (Å²) in [6.07, 6.45) is 2.30. The Morgan fingerprint density at radius 2 is 1.71 bits per heavy atom. The molecule has 3 aromatic rings. The molecular weight excluding hydrogens is 479 g/mol. The smallest absolute Gasteiger partial charge is 0.229 e. The average Bonchev–Trinajstić information content (AvgIpc) is 3.23. The lowest BCUT2D eigenvalue weighted by atomic mass is 10.1. The Labute approximate surface area is 201 Å². The number of sulfone groups is 1. The highest BCUT2D eigenvalue weighted by molar-refractivity contribution is 7.91. The van der Waals surface area contributed by atoms with Crippen molar-refractivity contribution in [3.63, 3.8) is 0 Å². The van der Waals surface area contributed by atoms with Crippen LogP contribution in [0.3, 0.4) is 0 Å². The maximum absolute atomic E-state index is 15.0. The molecule has 1 N–H and O–H groups in total. The zero-order valence-corrected chi connectivity index (χ0v) is 19.9. The lowest BCUT2D eigenvalue weighted by Crippen LogP contribution is -2.40. The molecule has 184 valence electrons. The Morgan fingerprint density at radius 3 is 2.40 bits per heavy atom. The van der Waals surface area contributed by atoms with E-state index in [1.165, 1.54) is 18.2 Å². The Bertz CT molecular complexity index is 1360. The molecule has 7 nitrogen and oxygen atoms in total. The predicted molar refractivity (Wildman–Crippen MR) is 127 cm³/mol. The minimum Gasteiger partial charge on any atom is -0.325 e. The van der Waals surface area contributed by atoms with Crippen LogP contribution in [0.5, 0.6) is 0 Å². The molecule has 0 spiro atoms. The molecule has 11 heteroatoms. The normalized spacial score (nSPS) is 17.4. The molecule has 0 saturated carbocycles. The number of anilines is 4. The van der Waals surface area contributed by atoms with Crippen molar-refractivity contribution in [1.29, 1.82) is 0 Å². The van der Waals surface area contributed by atoms with Crippen LogP contribution in [0, 0.1) is 24.4 Å². The fourth-order valence-electron chi connectivity index (χ4n) is 4.34. The van der Waals surface area contributed by atoms with Crippen LogP contribution in [0.25, 0.3) is 0 Å². The van der Waals surface area contributed by atoms with Crippen molar-refractivity contribution >= 4 is 33.0 Å². The quantitative estimate of drug-likeness (QED) is 0.566. The number of nitrogens with one attached hydrogen (secondary N) is 1. The van der Waals surface area contributed by atoms with Crippen molar-refractivity contribution < 1.29 is 21.6 Å². The van der Waals surface area contributed by atoms with Gasteiger partial charge in [0.1, 0.15) is 23.3 Å². The molecule has 3 heterocycles. The highest BCUT2D eigenvalue weighted by atomic mass is 32.2. The summed E-state index contributed by atoms with van der Waals surface area (Å²) in [6, 6.07) is 7.15. The monoisotopic (exact) mass is 503 g/mol. The van der Waals surface area contributed by atoms with Crippen LogP contribution in [-0.4, -0.2) is 54.4 Å². The van der Waals surface area contributed by atoms with E-state index in [1.54, 1.807) is 35.1 Å². The van der Waals surface area contributed by atoms with Crippen LogP contribution in [-0.2, 0) is 22.8 Å². The molecule has 0 amide bonds. The zero-order chi connectivity index (χ0) is 24.7. The van der Waals surface area contributed by atoms with E-state index in [9.17, 15) is 21.6 Å². The summed E-state index contributed by atoms with van der Waals surface area (Å²) in [5.41, 5.74) is 2.22. The van der Waals surface area contributed by atoms with Gasteiger partial charge in [0.2, 0.25) is 5.95 Å². The second-order valence-electron chi connectivity index (χ2n) is 8.85. The van der Waals surface area contributed by atoms with Crippen molar-refractivity contribution in [3.05, 3.63) is 70.7 Å². The van der Waals surface area contributed by atoms with E-state index in [2.05, 4.69) is 15.3 Å². The molecular formula is C24H24F3N5O2S. The van der Waals surface area contributed by atoms with Gasteiger partial charge in [-0.15, -0.1) is 0 Å². The molecule has 35 heavy (non-hydrogen) atoms. The molecule has 0 unspecified atom stereocenters. The SMILES string of the molecule is Cc1cc(Nc2ncc3c(n2)N(c2cc(F)c(CN4CCS(=O)(=O)CC4)c(F)c2)CC3)ccc1F. The third-order valence-electron chi connectivity index (χ3n) is 6.37. The van der Waals surface area contributed by atoms with Gasteiger partial charge in [-0.05, 0) is 49.2 Å². The van der Waals surface area contributed by atoms with Gasteiger partial charge in [0.05, 0.1) is 11.5 Å². The zero-order valence-electron chi connectivity index (χ0n) is 19.1. The Hall–Kier alpha value is -3.18. The second-order valence-corrected chi connectivity index (χ2v) is 11.2. The topological polar surface area (TPSA) is 78.4 Å². The van der Waals surface area contributed by atoms with Crippen LogP contribution in [0.15, 0.2) is 36.5 Å². The lowest BCUT2D eigenvalue weighted by molar-refractivity contribution is 0.278. The number of benzene rings is 2. The number of halogens is 3. The standard InChI is InChI=1S/C24H24F3N5O2S/c1-15-10-17(2-3-20(15)25)29-24-28-13-16-4-5-32(23(16)30-24)18-11-21(26)19(22(27)12-18)14-31-6-8-35(33,34)9-7-31/h2-3,10-13H,4-9,14H2,1H3,(H,28,29,30). The summed E-state index contributed by atoms with van der Waals surface area (Å²) in [4.78, 5) is 12.3. The molecule has 2 aliphatic heterocycles. The van der Waals surface area contributed by atoms with Gasteiger partial charge in [0.15, 0.2) is 9.84 Å². The maximum atomic E-state index is 15.0. The predicted octanol–water partition coefficient (Wildman–Crippen LogP) is 3.87. The van der Waals surface area contributed by atoms with Crippen molar-refractivity contribution in [2.45, 2.75) is 19.9 Å². The lowest BCUT2D eigenvalue weighted by Gasteiger charge is -2.27. The number of fused-ring (bicyclic) bond motifs is 1. The largest absolute Gasteiger partial charge is 0.325 e. The molecule has 5 rings (SSSR count). The van der Waals surface area contributed by atoms with E-state index in [1.807, 2.05) is 0 Å². The van der Waals surface area contributed by atoms with Crippen LogP contribution in [0.2, 0.25) is 0 Å². The molecule has 0 aliphatic carbocycles. The number of rotatable bonds is 5. The first kappa shape index (κ1) is 23.6. The fraction of sp³-hybridized carbons (Fsp3) is 0.333. The van der Waals surface area contributed by atoms with Crippen LogP contribution < -0.4 is 10.2 Å². The molecule has 2 aliphatic rings. The third kappa shape index (κ3) is 4.96. The van der Waals surface area contributed by atoms with Crippen molar-refractivity contribution in [2.75, 3.05) is 41.4 Å². The average molecular weight is 504 g/mol. The summed E-state index contributed by atoms with van der Waals surface area (Å²) in [7, 11) is -3.07. The van der Waals surface area contributed by atoms with Crippen molar-refractivity contribution in [3.8, 4) is 0 Å². The third-order valence-corrected chi connectivity index (χ3v) is 7.98. The van der Waals surface area contributed by atoms with Gasteiger partial charge in [-0.2, -0.15) is 4.98 Å². The minimum atomic E-state index is -3.07. The first-order valence-corrected chi connectivity index (χ1v) is 13.1. The van der Waals surface area contributed by atoms with Crippen LogP contribution >= 0.6 is 0 Å². The number of hydrogen-bond donors (Lipinski definition) is 1. The first-order valence-electron chi connectivity index (χ1n) is 11.3. The summed E-state index contributed by atoms with van der Waals surface area (Å²) in [6.45, 7) is 2.67. The first-order chi connectivity index (χ1) is 16.7. The summed E-state index contributed by atoms with van der Waals surface area (Å²) in [5, 5.41) is 3.04. The van der Waals surface area contributed by atoms with Gasteiger partial charge in [-0.1, -0.05) is 0 Å². The second kappa shape index (κ2) is 9.12. The van der Waals surface area contributed by atoms with E-state index in [-0.39, 0.29) is 42.5 Å². The Morgan fingerprint density at radius 1 is 1.00 bits per heavy atom. The number of aromatic nitrogens is 2. The number of hydrogen-bond acceptors (Lipinski definition) is 7. The van der Waals surface area contributed by atoms with E-state index in [4.69, 9.17) is 0 Å². The molecule has 1 aromatic heterocycles.